The Morgan fingerprint density at radius 3 is 1.95 bits per heavy atom. The number of nitrogens with zero attached hydrogens (tertiary/aromatic N) is 2. The molecule has 6 nitrogen and oxygen atoms in total. The van der Waals surface area contributed by atoms with Crippen molar-refractivity contribution >= 4 is 38.8 Å². The van der Waals surface area contributed by atoms with Crippen molar-refractivity contribution in [3.63, 3.8) is 0 Å². The van der Waals surface area contributed by atoms with E-state index in [1.807, 2.05) is 0 Å². The molecule has 1 aliphatic carbocycles. The number of sulfonamides is 1. The van der Waals surface area contributed by atoms with Crippen LogP contribution < -0.4 is 4.90 Å². The number of hydrogen-bond acceptors (Lipinski definition) is 6. The molecule has 1 heterocycles. The van der Waals surface area contributed by atoms with Crippen LogP contribution in [0.25, 0.3) is 11.1 Å². The molecule has 238 valence electrons. The largest absolute Gasteiger partial charge is 0.490 e. The molecule has 0 spiro atoms. The Balaban J connectivity index is 1.79. The van der Waals surface area contributed by atoms with Gasteiger partial charge >= 0.3 is 30.1 Å². The Bertz CT molecular complexity index is 1580. The first-order chi connectivity index (χ1) is 20.3. The van der Waals surface area contributed by atoms with Gasteiger partial charge in [0.25, 0.3) is 0 Å². The molecule has 0 radical (unpaired) electrons. The number of piperazine rings is 1. The second-order valence-corrected chi connectivity index (χ2v) is 12.0. The van der Waals surface area contributed by atoms with Gasteiger partial charge in [-0.1, -0.05) is 60.8 Å². The average Bonchev–Trinajstić information content (AvgIpc) is 2.94. The van der Waals surface area contributed by atoms with Gasteiger partial charge in [0.1, 0.15) is 0 Å². The zero-order chi connectivity index (χ0) is 32.7. The molecule has 2 aromatic rings. The number of thiocarbonyl (C=S) groups is 1. The lowest BCUT2D eigenvalue weighted by Crippen LogP contribution is -2.58. The highest BCUT2D eigenvalue weighted by Crippen LogP contribution is 2.54. The summed E-state index contributed by atoms with van der Waals surface area (Å²) in [6, 6.07) is 8.54. The van der Waals surface area contributed by atoms with Crippen molar-refractivity contribution in [2.24, 2.45) is 0 Å². The molecule has 1 aliphatic heterocycles. The molecule has 4 rings (SSSR count). The first-order valence-electron chi connectivity index (χ1n) is 12.6. The highest BCUT2D eigenvalue weighted by Gasteiger charge is 2.76. The Hall–Kier alpha value is -3.44. The van der Waals surface area contributed by atoms with Crippen molar-refractivity contribution in [2.45, 2.75) is 30.6 Å². The molecule has 44 heavy (non-hydrogen) atoms. The van der Waals surface area contributed by atoms with Crippen LogP contribution in [0, 0.1) is 0 Å². The summed E-state index contributed by atoms with van der Waals surface area (Å²) in [4.78, 5) is 13.1. The molecule has 1 fully saturated rings. The quantitative estimate of drug-likeness (QED) is 0.200. The second-order valence-electron chi connectivity index (χ2n) is 9.64. The summed E-state index contributed by atoms with van der Waals surface area (Å²) in [5.41, 5.74) is -7.59. The van der Waals surface area contributed by atoms with E-state index in [9.17, 15) is 52.7 Å². The van der Waals surface area contributed by atoms with Gasteiger partial charge in [-0.2, -0.15) is 43.8 Å². The van der Waals surface area contributed by atoms with Gasteiger partial charge in [-0.3, -0.25) is 0 Å². The van der Waals surface area contributed by atoms with Crippen LogP contribution in [0.2, 0.25) is 0 Å². The van der Waals surface area contributed by atoms with Crippen molar-refractivity contribution < 1.29 is 57.5 Å². The normalized spacial score (nSPS) is 17.4. The van der Waals surface area contributed by atoms with Crippen LogP contribution in [-0.2, 0) is 25.2 Å². The van der Waals surface area contributed by atoms with Crippen molar-refractivity contribution in [3.05, 3.63) is 77.2 Å². The maximum atomic E-state index is 14.2. The van der Waals surface area contributed by atoms with E-state index in [-0.39, 0.29) is 65.3 Å². The number of anilines is 1. The summed E-state index contributed by atoms with van der Waals surface area (Å²) in [6.07, 6.45) is -14.5. The number of hydrogen-bond donors (Lipinski definition) is 0. The van der Waals surface area contributed by atoms with Crippen LogP contribution in [0.5, 0.6) is 0 Å². The topological polar surface area (TPSA) is 66.9 Å². The summed E-state index contributed by atoms with van der Waals surface area (Å²) >= 11 is 5.17. The van der Waals surface area contributed by atoms with Crippen molar-refractivity contribution in [2.75, 3.05) is 31.1 Å². The van der Waals surface area contributed by atoms with E-state index in [0.717, 1.165) is 10.4 Å². The lowest BCUT2D eigenvalue weighted by atomic mass is 9.88. The molecular formula is C27H21F9N2O4S2. The van der Waals surface area contributed by atoms with Gasteiger partial charge in [0.05, 0.1) is 4.91 Å². The predicted molar refractivity (Wildman–Crippen MR) is 145 cm³/mol. The molecule has 17 heteroatoms. The summed E-state index contributed by atoms with van der Waals surface area (Å²) in [5.74, 6) is -3.68. The highest BCUT2D eigenvalue weighted by atomic mass is 32.2. The van der Waals surface area contributed by atoms with E-state index in [2.05, 4.69) is 4.74 Å². The summed E-state index contributed by atoms with van der Waals surface area (Å²) < 4.78 is 155. The van der Waals surface area contributed by atoms with Crippen molar-refractivity contribution in [3.8, 4) is 11.1 Å². The number of benzene rings is 2. The van der Waals surface area contributed by atoms with Crippen LogP contribution in [0.4, 0.5) is 45.2 Å². The number of carbonyl (C=O) groups excluding carboxylic acids is 1. The predicted octanol–water partition coefficient (Wildman–Crippen LogP) is 6.44. The zero-order valence-electron chi connectivity index (χ0n) is 22.1. The van der Waals surface area contributed by atoms with E-state index >= 15 is 0 Å². The van der Waals surface area contributed by atoms with E-state index in [1.165, 1.54) is 41.3 Å². The lowest BCUT2D eigenvalue weighted by molar-refractivity contribution is -0.382. The smallest absolute Gasteiger partial charge is 0.428 e. The third-order valence-corrected chi connectivity index (χ3v) is 9.42. The van der Waals surface area contributed by atoms with Gasteiger partial charge in [0, 0.05) is 54.3 Å². The molecule has 0 atom stereocenters. The monoisotopic (exact) mass is 672 g/mol. The van der Waals surface area contributed by atoms with Gasteiger partial charge in [-0.05, 0) is 23.8 Å². The molecule has 0 saturated carbocycles. The molecule has 2 aliphatic rings. The van der Waals surface area contributed by atoms with Gasteiger partial charge in [-0.15, -0.1) is 0 Å². The van der Waals surface area contributed by atoms with Crippen LogP contribution >= 0.6 is 12.2 Å². The number of carbonyl (C=O) groups is 1. The van der Waals surface area contributed by atoms with E-state index in [1.54, 1.807) is 12.2 Å². The Kier molecular flexibility index (Phi) is 8.98. The fourth-order valence-corrected chi connectivity index (χ4v) is 6.83. The zero-order valence-corrected chi connectivity index (χ0v) is 23.8. The highest BCUT2D eigenvalue weighted by molar-refractivity contribution is 7.96. The Labute approximate surface area is 250 Å². The number of alkyl halides is 9. The van der Waals surface area contributed by atoms with E-state index in [4.69, 9.17) is 12.2 Å². The molecule has 1 saturated heterocycles. The Morgan fingerprint density at radius 2 is 1.43 bits per heavy atom. The maximum Gasteiger partial charge on any atom is 0.490 e. The Morgan fingerprint density at radius 1 is 0.841 bits per heavy atom. The van der Waals surface area contributed by atoms with Gasteiger partial charge in [0.2, 0.25) is 10.0 Å². The number of esters is 1. The summed E-state index contributed by atoms with van der Waals surface area (Å²) in [5, 5.41) is 0. The van der Waals surface area contributed by atoms with Crippen LogP contribution in [0.1, 0.15) is 12.0 Å². The van der Waals surface area contributed by atoms with Crippen molar-refractivity contribution in [1.29, 1.82) is 0 Å². The molecule has 0 bridgehead atoms. The second kappa shape index (κ2) is 11.8. The number of ether oxygens (including phenoxy) is 1. The van der Waals surface area contributed by atoms with Crippen molar-refractivity contribution in [1.82, 2.24) is 4.31 Å². The third kappa shape index (κ3) is 6.21. The molecular weight excluding hydrogens is 651 g/mol. The number of halogens is 9. The fourth-order valence-electron chi connectivity index (χ4n) is 4.80. The maximum absolute atomic E-state index is 14.2. The van der Waals surface area contributed by atoms with E-state index in [0.29, 0.717) is 6.07 Å². The van der Waals surface area contributed by atoms with Crippen LogP contribution in [-0.4, -0.2) is 68.3 Å². The fraction of sp³-hybridized carbons (Fsp3) is 0.333. The number of allylic oxidation sites excluding steroid dienone is 4. The third-order valence-electron chi connectivity index (χ3n) is 6.92. The van der Waals surface area contributed by atoms with Gasteiger partial charge < -0.3 is 9.64 Å². The average molecular weight is 673 g/mol. The minimum absolute atomic E-state index is 0.0539. The SMILES string of the molecule is O=C(OC(c1ccc(N2CCN(S(=O)(=O)C3=CC=CCC3=S)CC2)c(-c2ccccc2)c1)(C(F)(F)F)C(F)(F)F)C(F)(F)F. The molecule has 0 amide bonds. The first kappa shape index (κ1) is 33.5. The minimum atomic E-state index is -6.56. The first-order valence-corrected chi connectivity index (χ1v) is 14.4. The lowest BCUT2D eigenvalue weighted by Gasteiger charge is -2.39. The molecule has 0 aromatic heterocycles. The minimum Gasteiger partial charge on any atom is -0.428 e. The van der Waals surface area contributed by atoms with Gasteiger partial charge in [-0.25, -0.2) is 13.2 Å². The van der Waals surface area contributed by atoms with E-state index < -0.39 is 45.7 Å². The van der Waals surface area contributed by atoms with Gasteiger partial charge in [0.15, 0.2) is 0 Å². The summed E-state index contributed by atoms with van der Waals surface area (Å²) in [7, 11) is -4.00. The molecule has 0 unspecified atom stereocenters. The molecule has 2 aromatic carbocycles. The van der Waals surface area contributed by atoms with Crippen LogP contribution in [0.15, 0.2) is 71.7 Å². The van der Waals surface area contributed by atoms with Crippen LogP contribution in [0.3, 0.4) is 0 Å². The molecule has 0 N–H and O–H groups in total. The summed E-state index contributed by atoms with van der Waals surface area (Å²) in [6.45, 7) is -0.359. The number of rotatable bonds is 6. The standard InChI is InChI=1S/C27H21F9N2O4S2/c28-25(29,30)23(39)42-24(26(31,32)33,27(34,35)36)18-10-11-20(19(16-18)17-6-2-1-3-7-17)37-12-14-38(15-13-37)44(40,41)22-9-5-4-8-21(22)43/h1-7,9-11,16H,8,12-15H2.